The molecule has 1 nitrogen and oxygen atoms in total. The minimum Gasteiger partial charge on any atom is -0.303 e. The van der Waals surface area contributed by atoms with Crippen molar-refractivity contribution in [3.63, 3.8) is 0 Å². The van der Waals surface area contributed by atoms with E-state index >= 15 is 0 Å². The van der Waals surface area contributed by atoms with Crippen LogP contribution in [0.4, 0.5) is 0 Å². The zero-order chi connectivity index (χ0) is 8.27. The van der Waals surface area contributed by atoms with Crippen LogP contribution in [0.25, 0.3) is 0 Å². The SMILES string of the molecule is CC(Cl)C(=N)c1ccccc1. The molecule has 58 valence electrons. The summed E-state index contributed by atoms with van der Waals surface area (Å²) in [6.07, 6.45) is 0. The standard InChI is InChI=1S/C9H10ClN/c1-7(10)9(11)8-5-3-2-4-6-8/h2-7,11H,1H3. The molecular weight excluding hydrogens is 158 g/mol. The number of rotatable bonds is 2. The molecular formula is C9H10ClN. The van der Waals surface area contributed by atoms with E-state index in [2.05, 4.69) is 0 Å². The minimum absolute atomic E-state index is 0.211. The second kappa shape index (κ2) is 3.54. The zero-order valence-electron chi connectivity index (χ0n) is 6.34. The summed E-state index contributed by atoms with van der Waals surface area (Å²) in [6, 6.07) is 9.52. The van der Waals surface area contributed by atoms with Crippen LogP contribution in [0.5, 0.6) is 0 Å². The van der Waals surface area contributed by atoms with E-state index in [0.717, 1.165) is 5.56 Å². The van der Waals surface area contributed by atoms with E-state index in [-0.39, 0.29) is 5.38 Å². The topological polar surface area (TPSA) is 23.9 Å². The van der Waals surface area contributed by atoms with Gasteiger partial charge in [0, 0.05) is 0 Å². The predicted molar refractivity (Wildman–Crippen MR) is 48.6 cm³/mol. The maximum absolute atomic E-state index is 7.55. The van der Waals surface area contributed by atoms with Crippen molar-refractivity contribution in [1.82, 2.24) is 0 Å². The summed E-state index contributed by atoms with van der Waals surface area (Å²) in [5.74, 6) is 0. The number of benzene rings is 1. The molecule has 0 fully saturated rings. The molecule has 1 aromatic rings. The highest BCUT2D eigenvalue weighted by molar-refractivity contribution is 6.34. The van der Waals surface area contributed by atoms with Crippen molar-refractivity contribution in [3.8, 4) is 0 Å². The van der Waals surface area contributed by atoms with Crippen LogP contribution in [0.1, 0.15) is 12.5 Å². The number of hydrogen-bond donors (Lipinski definition) is 1. The Balaban J connectivity index is 2.86. The average molecular weight is 168 g/mol. The van der Waals surface area contributed by atoms with Gasteiger partial charge < -0.3 is 5.41 Å². The van der Waals surface area contributed by atoms with Crippen molar-refractivity contribution in [2.24, 2.45) is 0 Å². The molecule has 1 atom stereocenters. The summed E-state index contributed by atoms with van der Waals surface area (Å²) in [7, 11) is 0. The van der Waals surface area contributed by atoms with Gasteiger partial charge in [-0.2, -0.15) is 0 Å². The molecule has 0 aliphatic carbocycles. The van der Waals surface area contributed by atoms with Crippen molar-refractivity contribution in [3.05, 3.63) is 35.9 Å². The quantitative estimate of drug-likeness (QED) is 0.518. The smallest absolute Gasteiger partial charge is 0.0728 e. The van der Waals surface area contributed by atoms with Gasteiger partial charge in [0.25, 0.3) is 0 Å². The van der Waals surface area contributed by atoms with E-state index < -0.39 is 0 Å². The van der Waals surface area contributed by atoms with Crippen LogP contribution in [0.2, 0.25) is 0 Å². The number of hydrogen-bond acceptors (Lipinski definition) is 1. The molecule has 0 bridgehead atoms. The molecule has 2 heteroatoms. The summed E-state index contributed by atoms with van der Waals surface area (Å²) in [5, 5.41) is 7.34. The zero-order valence-corrected chi connectivity index (χ0v) is 7.10. The monoisotopic (exact) mass is 167 g/mol. The number of halogens is 1. The highest BCUT2D eigenvalue weighted by Gasteiger charge is 2.05. The molecule has 0 saturated heterocycles. The van der Waals surface area contributed by atoms with Gasteiger partial charge in [-0.05, 0) is 12.5 Å². The molecule has 1 unspecified atom stereocenters. The maximum Gasteiger partial charge on any atom is 0.0728 e. The van der Waals surface area contributed by atoms with Crippen LogP contribution in [-0.4, -0.2) is 11.1 Å². The Labute approximate surface area is 71.5 Å². The lowest BCUT2D eigenvalue weighted by atomic mass is 10.1. The van der Waals surface area contributed by atoms with Gasteiger partial charge in [0.2, 0.25) is 0 Å². The van der Waals surface area contributed by atoms with E-state index in [9.17, 15) is 0 Å². The number of alkyl halides is 1. The fraction of sp³-hybridized carbons (Fsp3) is 0.222. The first-order valence-electron chi connectivity index (χ1n) is 3.49. The van der Waals surface area contributed by atoms with Crippen LogP contribution in [0, 0.1) is 5.41 Å². The molecule has 0 heterocycles. The Morgan fingerprint density at radius 1 is 1.36 bits per heavy atom. The third-order valence-electron chi connectivity index (χ3n) is 1.48. The van der Waals surface area contributed by atoms with Crippen molar-refractivity contribution in [1.29, 1.82) is 5.41 Å². The molecule has 0 saturated carbocycles. The van der Waals surface area contributed by atoms with E-state index in [1.165, 1.54) is 0 Å². The lowest BCUT2D eigenvalue weighted by Gasteiger charge is -2.04. The molecule has 0 spiro atoms. The van der Waals surface area contributed by atoms with Crippen molar-refractivity contribution < 1.29 is 0 Å². The normalized spacial score (nSPS) is 12.5. The fourth-order valence-electron chi connectivity index (χ4n) is 0.847. The maximum atomic E-state index is 7.55. The Kier molecular flexibility index (Phi) is 2.66. The van der Waals surface area contributed by atoms with E-state index in [0.29, 0.717) is 5.71 Å². The van der Waals surface area contributed by atoms with Crippen LogP contribution in [0.3, 0.4) is 0 Å². The van der Waals surface area contributed by atoms with Crippen molar-refractivity contribution in [2.75, 3.05) is 0 Å². The largest absolute Gasteiger partial charge is 0.303 e. The first-order chi connectivity index (χ1) is 5.22. The van der Waals surface area contributed by atoms with E-state index in [4.69, 9.17) is 17.0 Å². The lowest BCUT2D eigenvalue weighted by Crippen LogP contribution is -2.09. The highest BCUT2D eigenvalue weighted by atomic mass is 35.5. The summed E-state index contributed by atoms with van der Waals surface area (Å²) in [5.41, 5.74) is 1.38. The Morgan fingerprint density at radius 2 is 1.91 bits per heavy atom. The molecule has 0 radical (unpaired) electrons. The van der Waals surface area contributed by atoms with Gasteiger partial charge in [-0.25, -0.2) is 0 Å². The minimum atomic E-state index is -0.211. The molecule has 0 aromatic heterocycles. The average Bonchev–Trinajstić information content (AvgIpc) is 2.05. The third kappa shape index (κ3) is 2.05. The molecule has 0 aliphatic rings. The molecule has 1 N–H and O–H groups in total. The number of nitrogens with one attached hydrogen (secondary N) is 1. The first-order valence-corrected chi connectivity index (χ1v) is 3.93. The van der Waals surface area contributed by atoms with E-state index in [1.54, 1.807) is 6.92 Å². The van der Waals surface area contributed by atoms with Crippen molar-refractivity contribution >= 4 is 17.3 Å². The molecule has 1 rings (SSSR count). The van der Waals surface area contributed by atoms with Crippen molar-refractivity contribution in [2.45, 2.75) is 12.3 Å². The van der Waals surface area contributed by atoms with Gasteiger partial charge in [0.05, 0.1) is 11.1 Å². The highest BCUT2D eigenvalue weighted by Crippen LogP contribution is 2.06. The molecule has 0 amide bonds. The molecule has 11 heavy (non-hydrogen) atoms. The van der Waals surface area contributed by atoms with Crippen LogP contribution < -0.4 is 0 Å². The molecule has 0 aliphatic heterocycles. The van der Waals surface area contributed by atoms with Gasteiger partial charge in [0.15, 0.2) is 0 Å². The lowest BCUT2D eigenvalue weighted by molar-refractivity contribution is 1.24. The summed E-state index contributed by atoms with van der Waals surface area (Å²) < 4.78 is 0. The van der Waals surface area contributed by atoms with Crippen LogP contribution in [-0.2, 0) is 0 Å². The third-order valence-corrected chi connectivity index (χ3v) is 1.70. The summed E-state index contributed by atoms with van der Waals surface area (Å²) >= 11 is 5.74. The van der Waals surface area contributed by atoms with E-state index in [1.807, 2.05) is 30.3 Å². The summed E-state index contributed by atoms with van der Waals surface area (Å²) in [6.45, 7) is 1.80. The van der Waals surface area contributed by atoms with Gasteiger partial charge >= 0.3 is 0 Å². The second-order valence-electron chi connectivity index (χ2n) is 2.40. The first kappa shape index (κ1) is 8.28. The molecule has 1 aromatic carbocycles. The van der Waals surface area contributed by atoms with Gasteiger partial charge in [-0.3, -0.25) is 0 Å². The Morgan fingerprint density at radius 3 is 2.36 bits per heavy atom. The fourth-order valence-corrected chi connectivity index (χ4v) is 0.973. The van der Waals surface area contributed by atoms with Gasteiger partial charge in [0.1, 0.15) is 0 Å². The Bertz CT molecular complexity index is 241. The summed E-state index contributed by atoms with van der Waals surface area (Å²) in [4.78, 5) is 0. The predicted octanol–water partition coefficient (Wildman–Crippen LogP) is 2.68. The van der Waals surface area contributed by atoms with Gasteiger partial charge in [-0.15, -0.1) is 11.6 Å². The Hall–Kier alpha value is -0.820. The van der Waals surface area contributed by atoms with Crippen LogP contribution >= 0.6 is 11.6 Å². The second-order valence-corrected chi connectivity index (χ2v) is 3.05. The van der Waals surface area contributed by atoms with Crippen LogP contribution in [0.15, 0.2) is 30.3 Å². The van der Waals surface area contributed by atoms with Gasteiger partial charge in [-0.1, -0.05) is 30.3 Å².